The van der Waals surface area contributed by atoms with Crippen LogP contribution in [-0.2, 0) is 44.8 Å². The molecule has 1 aromatic carbocycles. The smallest absolute Gasteiger partial charge is 0.410 e. The maximum atomic E-state index is 13.9. The molecule has 0 fully saturated rings. The fraction of sp³-hybridized carbons (Fsp3) is 0.515. The lowest BCUT2D eigenvalue weighted by molar-refractivity contribution is -0.384. The molecule has 0 saturated carbocycles. The van der Waals surface area contributed by atoms with Crippen LogP contribution in [0.4, 0.5) is 20.1 Å². The Morgan fingerprint density at radius 1 is 0.946 bits per heavy atom. The molecule has 3 atom stereocenters. The van der Waals surface area contributed by atoms with E-state index in [2.05, 4.69) is 33.2 Å². The molecule has 1 aromatic rings. The van der Waals surface area contributed by atoms with Gasteiger partial charge in [-0.2, -0.15) is 0 Å². The van der Waals surface area contributed by atoms with E-state index in [0.717, 1.165) is 21.6 Å². The van der Waals surface area contributed by atoms with Gasteiger partial charge in [0.2, 0.25) is 23.6 Å². The number of carbonyl (C=O) groups excluding carboxylic acids is 7. The molecular formula is C33H48N8O14S. The number of nitro benzene ring substituents is 1. The number of aliphatic carboxylic acids is 1. The fourth-order valence-corrected chi connectivity index (χ4v) is 5.19. The van der Waals surface area contributed by atoms with Crippen molar-refractivity contribution in [2.75, 3.05) is 52.0 Å². The molecule has 0 aliphatic carbocycles. The number of benzene rings is 1. The second-order valence-corrected chi connectivity index (χ2v) is 13.7. The highest BCUT2D eigenvalue weighted by molar-refractivity contribution is 7.99. The maximum absolute atomic E-state index is 13.9. The van der Waals surface area contributed by atoms with Crippen LogP contribution in [0.3, 0.4) is 0 Å². The predicted octanol–water partition coefficient (Wildman–Crippen LogP) is 0.308. The summed E-state index contributed by atoms with van der Waals surface area (Å²) < 4.78 is 15.4. The highest BCUT2D eigenvalue weighted by Gasteiger charge is 2.34. The normalized spacial score (nSPS) is 12.2. The number of nitrogens with zero attached hydrogens (tertiary/aromatic N) is 3. The molecule has 310 valence electrons. The molecule has 0 aromatic heterocycles. The lowest BCUT2D eigenvalue weighted by Crippen LogP contribution is -2.60. The van der Waals surface area contributed by atoms with Crippen LogP contribution in [-0.4, -0.2) is 143 Å². The molecule has 0 spiro atoms. The van der Waals surface area contributed by atoms with Gasteiger partial charge in [0.1, 0.15) is 43.5 Å². The van der Waals surface area contributed by atoms with Crippen molar-refractivity contribution in [1.82, 2.24) is 36.4 Å². The van der Waals surface area contributed by atoms with Crippen LogP contribution in [0.15, 0.2) is 36.9 Å². The van der Waals surface area contributed by atoms with Crippen LogP contribution >= 0.6 is 11.8 Å². The number of likely N-dealkylation sites (N-methyl/N-ethyl adjacent to an activating group) is 2. The zero-order chi connectivity index (χ0) is 42.6. The van der Waals surface area contributed by atoms with E-state index in [1.165, 1.54) is 51.4 Å². The lowest BCUT2D eigenvalue weighted by atomic mass is 10.2. The van der Waals surface area contributed by atoms with Crippen LogP contribution in [0.5, 0.6) is 0 Å². The summed E-state index contributed by atoms with van der Waals surface area (Å²) >= 11 is 1.06. The van der Waals surface area contributed by atoms with Gasteiger partial charge in [-0.05, 0) is 38.5 Å². The standard InChI is InChI=1S/C33H48N8O14S/c1-8-13-53-32(50)40(7)25(18-56-19-36-20(2)42)28(46)37-23(14-35-30(48)54-17-21-9-11-22(12-10-21)41(51)52)29(47)39(6)16-24(27(45)34-15-26(43)44)38-31(49)55-33(3,4)5/h8-12,23-25H,1,13-19H2,2-7H3,(H,34,45)(H,35,48)(H,36,42)(H,37,46)(H,38,49)(H,43,44)/t23-,24+,25-/m0/s1. The van der Waals surface area contributed by atoms with Crippen molar-refractivity contribution in [2.24, 2.45) is 0 Å². The van der Waals surface area contributed by atoms with Crippen molar-refractivity contribution < 1.29 is 62.6 Å². The third-order valence-electron chi connectivity index (χ3n) is 6.92. The number of ether oxygens (including phenoxy) is 3. The molecule has 6 N–H and O–H groups in total. The largest absolute Gasteiger partial charge is 0.480 e. The van der Waals surface area contributed by atoms with E-state index in [0.29, 0.717) is 5.56 Å². The number of nitrogens with one attached hydrogen (secondary N) is 5. The quantitative estimate of drug-likeness (QED) is 0.0243. The first-order chi connectivity index (χ1) is 26.1. The number of carboxylic acids is 1. The summed E-state index contributed by atoms with van der Waals surface area (Å²) in [6.45, 7) is 6.86. The van der Waals surface area contributed by atoms with Crippen LogP contribution in [0.25, 0.3) is 0 Å². The average molecular weight is 813 g/mol. The number of amides is 7. The summed E-state index contributed by atoms with van der Waals surface area (Å²) in [5.74, 6) is -4.64. The first kappa shape index (κ1) is 47.9. The van der Waals surface area contributed by atoms with E-state index in [4.69, 9.17) is 19.3 Å². The molecule has 56 heavy (non-hydrogen) atoms. The molecule has 7 amide bonds. The third-order valence-corrected chi connectivity index (χ3v) is 7.82. The average Bonchev–Trinajstić information content (AvgIpc) is 3.11. The molecule has 23 heteroatoms. The summed E-state index contributed by atoms with van der Waals surface area (Å²) in [7, 11) is 2.45. The monoisotopic (exact) mass is 812 g/mol. The number of hydrogen-bond acceptors (Lipinski definition) is 14. The topological polar surface area (TPSA) is 294 Å². The summed E-state index contributed by atoms with van der Waals surface area (Å²) in [6.07, 6.45) is -1.76. The first-order valence-electron chi connectivity index (χ1n) is 16.7. The van der Waals surface area contributed by atoms with Crippen molar-refractivity contribution in [3.05, 3.63) is 52.6 Å². The van der Waals surface area contributed by atoms with E-state index in [-0.39, 0.29) is 36.4 Å². The van der Waals surface area contributed by atoms with E-state index in [1.54, 1.807) is 20.8 Å². The SMILES string of the molecule is C=CCOC(=O)N(C)[C@@H](CSCNC(C)=O)C(=O)N[C@@H](CNC(=O)OCc1ccc([N+](=O)[O-])cc1)C(=O)N(C)C[C@@H](NC(=O)OC(C)(C)C)C(=O)NCC(=O)O. The zero-order valence-electron chi connectivity index (χ0n) is 31.8. The molecule has 0 heterocycles. The minimum absolute atomic E-state index is 0.0535. The Morgan fingerprint density at radius 2 is 1.59 bits per heavy atom. The van der Waals surface area contributed by atoms with Crippen LogP contribution in [0.1, 0.15) is 33.3 Å². The van der Waals surface area contributed by atoms with Crippen LogP contribution in [0.2, 0.25) is 0 Å². The van der Waals surface area contributed by atoms with E-state index < -0.39 is 90.3 Å². The maximum Gasteiger partial charge on any atom is 0.410 e. The highest BCUT2D eigenvalue weighted by atomic mass is 32.2. The van der Waals surface area contributed by atoms with E-state index in [1.807, 2.05) is 0 Å². The minimum Gasteiger partial charge on any atom is -0.480 e. The molecule has 22 nitrogen and oxygen atoms in total. The molecule has 0 saturated heterocycles. The van der Waals surface area contributed by atoms with Crippen molar-refractivity contribution in [2.45, 2.75) is 58.0 Å². The second kappa shape index (κ2) is 23.6. The molecule has 1 rings (SSSR count). The van der Waals surface area contributed by atoms with Crippen molar-refractivity contribution in [3.8, 4) is 0 Å². The Balaban J connectivity index is 3.38. The second-order valence-electron chi connectivity index (χ2n) is 12.7. The number of carboxylic acid groups (broad SMARTS) is 1. The van der Waals surface area contributed by atoms with E-state index >= 15 is 0 Å². The van der Waals surface area contributed by atoms with Gasteiger partial charge < -0.3 is 50.8 Å². The lowest BCUT2D eigenvalue weighted by Gasteiger charge is -2.31. The predicted molar refractivity (Wildman–Crippen MR) is 199 cm³/mol. The molecule has 0 bridgehead atoms. The van der Waals surface area contributed by atoms with Gasteiger partial charge in [0, 0.05) is 45.4 Å². The number of nitro groups is 1. The van der Waals surface area contributed by atoms with Crippen LogP contribution in [0, 0.1) is 10.1 Å². The highest BCUT2D eigenvalue weighted by Crippen LogP contribution is 2.13. The summed E-state index contributed by atoms with van der Waals surface area (Å²) in [5, 5.41) is 31.7. The van der Waals surface area contributed by atoms with Gasteiger partial charge in [0.25, 0.3) is 5.69 Å². The number of rotatable bonds is 21. The van der Waals surface area contributed by atoms with Gasteiger partial charge in [-0.1, -0.05) is 12.7 Å². The van der Waals surface area contributed by atoms with Crippen LogP contribution < -0.4 is 26.6 Å². The van der Waals surface area contributed by atoms with Gasteiger partial charge in [-0.3, -0.25) is 39.0 Å². The van der Waals surface area contributed by atoms with Gasteiger partial charge in [-0.25, -0.2) is 14.4 Å². The zero-order valence-corrected chi connectivity index (χ0v) is 32.6. The molecular weight excluding hydrogens is 764 g/mol. The Bertz CT molecular complexity index is 1590. The van der Waals surface area contributed by atoms with Crippen molar-refractivity contribution in [1.29, 1.82) is 0 Å². The Kier molecular flexibility index (Phi) is 20.2. The van der Waals surface area contributed by atoms with Crippen molar-refractivity contribution in [3.63, 3.8) is 0 Å². The number of carbonyl (C=O) groups is 8. The number of alkyl carbamates (subject to hydrolysis) is 2. The number of thioether (sulfide) groups is 1. The van der Waals surface area contributed by atoms with Gasteiger partial charge in [0.15, 0.2) is 0 Å². The Labute approximate surface area is 326 Å². The van der Waals surface area contributed by atoms with Gasteiger partial charge in [-0.15, -0.1) is 11.8 Å². The Hall–Kier alpha value is -6.13. The molecule has 0 aliphatic heterocycles. The molecule has 0 radical (unpaired) electrons. The number of hydrogen-bond donors (Lipinski definition) is 6. The number of non-ortho nitro benzene ring substituents is 1. The summed E-state index contributed by atoms with van der Waals surface area (Å²) in [6, 6.07) is 0.632. The summed E-state index contributed by atoms with van der Waals surface area (Å²) in [5.41, 5.74) is -0.791. The van der Waals surface area contributed by atoms with Crippen molar-refractivity contribution >= 4 is 65.3 Å². The van der Waals surface area contributed by atoms with E-state index in [9.17, 15) is 48.5 Å². The van der Waals surface area contributed by atoms with Gasteiger partial charge in [0.05, 0.1) is 17.3 Å². The first-order valence-corrected chi connectivity index (χ1v) is 17.8. The Morgan fingerprint density at radius 3 is 2.14 bits per heavy atom. The van der Waals surface area contributed by atoms with Gasteiger partial charge >= 0.3 is 24.2 Å². The fourth-order valence-electron chi connectivity index (χ4n) is 4.17. The minimum atomic E-state index is -1.62. The summed E-state index contributed by atoms with van der Waals surface area (Å²) in [4.78, 5) is 113. The molecule has 0 aliphatic rings. The third kappa shape index (κ3) is 18.8. The molecule has 0 unspecified atom stereocenters.